The zero-order chi connectivity index (χ0) is 18.8. The fraction of sp³-hybridized carbons (Fsp3) is 0.158. The molecule has 2 aromatic carbocycles. The Labute approximate surface area is 154 Å². The molecule has 1 heterocycles. The van der Waals surface area contributed by atoms with E-state index in [2.05, 4.69) is 5.32 Å². The number of nitrogens with one attached hydrogen (secondary N) is 1. The summed E-state index contributed by atoms with van der Waals surface area (Å²) in [4.78, 5) is 49.0. The Morgan fingerprint density at radius 2 is 1.73 bits per heavy atom. The van der Waals surface area contributed by atoms with Gasteiger partial charge in [0.05, 0.1) is 16.1 Å². The highest BCUT2D eigenvalue weighted by atomic mass is 35.5. The standard InChI is InChI=1S/C19H15ClN2O4/c1-11(23)12-5-7-13(8-6-12)21-16(24)9-10-22-18(25)14-3-2-4-15(20)17(14)19(22)26/h2-8H,9-10H2,1H3,(H,21,24). The number of ketones is 1. The van der Waals surface area contributed by atoms with Gasteiger partial charge in [0.25, 0.3) is 11.8 Å². The monoisotopic (exact) mass is 370 g/mol. The molecule has 0 unspecified atom stereocenters. The van der Waals surface area contributed by atoms with Crippen molar-refractivity contribution >= 4 is 40.8 Å². The first kappa shape index (κ1) is 17.8. The van der Waals surface area contributed by atoms with E-state index in [1.54, 1.807) is 36.4 Å². The van der Waals surface area contributed by atoms with Crippen LogP contribution in [0.1, 0.15) is 44.4 Å². The molecule has 0 saturated heterocycles. The number of Topliss-reactive ketones (excluding diaryl/α,β-unsaturated/α-hetero) is 1. The molecule has 1 aliphatic rings. The number of halogens is 1. The van der Waals surface area contributed by atoms with Crippen LogP contribution in [-0.2, 0) is 4.79 Å². The molecule has 0 spiro atoms. The number of carbonyl (C=O) groups excluding carboxylic acids is 4. The van der Waals surface area contributed by atoms with Gasteiger partial charge in [-0.1, -0.05) is 17.7 Å². The molecular formula is C19H15ClN2O4. The molecular weight excluding hydrogens is 356 g/mol. The fourth-order valence-corrected chi connectivity index (χ4v) is 2.98. The van der Waals surface area contributed by atoms with Gasteiger partial charge in [-0.2, -0.15) is 0 Å². The first-order chi connectivity index (χ1) is 12.4. The van der Waals surface area contributed by atoms with Crippen LogP contribution in [0.25, 0.3) is 0 Å². The third kappa shape index (κ3) is 3.36. The quantitative estimate of drug-likeness (QED) is 0.647. The lowest BCUT2D eigenvalue weighted by Crippen LogP contribution is -2.32. The summed E-state index contributed by atoms with van der Waals surface area (Å²) >= 11 is 6.00. The number of rotatable bonds is 5. The minimum Gasteiger partial charge on any atom is -0.326 e. The van der Waals surface area contributed by atoms with E-state index in [1.807, 2.05) is 0 Å². The molecule has 3 amide bonds. The van der Waals surface area contributed by atoms with Crippen molar-refractivity contribution < 1.29 is 19.2 Å². The lowest BCUT2D eigenvalue weighted by atomic mass is 10.1. The van der Waals surface area contributed by atoms with Crippen molar-refractivity contribution in [2.24, 2.45) is 0 Å². The topological polar surface area (TPSA) is 83.6 Å². The Bertz CT molecular complexity index is 922. The predicted molar refractivity (Wildman–Crippen MR) is 96.5 cm³/mol. The van der Waals surface area contributed by atoms with E-state index < -0.39 is 11.8 Å². The van der Waals surface area contributed by atoms with E-state index in [9.17, 15) is 19.2 Å². The van der Waals surface area contributed by atoms with Gasteiger partial charge in [-0.25, -0.2) is 0 Å². The zero-order valence-corrected chi connectivity index (χ0v) is 14.7. The van der Waals surface area contributed by atoms with Crippen molar-refractivity contribution in [3.63, 3.8) is 0 Å². The Morgan fingerprint density at radius 1 is 1.04 bits per heavy atom. The Morgan fingerprint density at radius 3 is 2.35 bits per heavy atom. The minimum absolute atomic E-state index is 0.0416. The maximum Gasteiger partial charge on any atom is 0.263 e. The second-order valence-corrected chi connectivity index (χ2v) is 6.26. The highest BCUT2D eigenvalue weighted by Crippen LogP contribution is 2.29. The van der Waals surface area contributed by atoms with Gasteiger partial charge in [0.1, 0.15) is 0 Å². The molecule has 1 aliphatic heterocycles. The van der Waals surface area contributed by atoms with Gasteiger partial charge in [-0.3, -0.25) is 24.1 Å². The highest BCUT2D eigenvalue weighted by molar-refractivity contribution is 6.37. The van der Waals surface area contributed by atoms with Crippen LogP contribution in [0.3, 0.4) is 0 Å². The van der Waals surface area contributed by atoms with Crippen molar-refractivity contribution in [3.05, 3.63) is 64.2 Å². The molecule has 6 nitrogen and oxygen atoms in total. The summed E-state index contributed by atoms with van der Waals surface area (Å²) in [6, 6.07) is 11.2. The van der Waals surface area contributed by atoms with E-state index in [4.69, 9.17) is 11.6 Å². The van der Waals surface area contributed by atoms with Crippen molar-refractivity contribution in [2.75, 3.05) is 11.9 Å². The van der Waals surface area contributed by atoms with Crippen LogP contribution in [-0.4, -0.2) is 34.9 Å². The average molecular weight is 371 g/mol. The molecule has 132 valence electrons. The number of carbonyl (C=O) groups is 4. The summed E-state index contributed by atoms with van der Waals surface area (Å²) < 4.78 is 0. The summed E-state index contributed by atoms with van der Waals surface area (Å²) in [7, 11) is 0. The van der Waals surface area contributed by atoms with E-state index in [0.29, 0.717) is 11.3 Å². The van der Waals surface area contributed by atoms with Crippen molar-refractivity contribution in [1.29, 1.82) is 0 Å². The zero-order valence-electron chi connectivity index (χ0n) is 13.9. The van der Waals surface area contributed by atoms with Gasteiger partial charge >= 0.3 is 0 Å². The van der Waals surface area contributed by atoms with Crippen LogP contribution in [0.5, 0.6) is 0 Å². The van der Waals surface area contributed by atoms with Gasteiger partial charge < -0.3 is 5.32 Å². The third-order valence-corrected chi connectivity index (χ3v) is 4.40. The van der Waals surface area contributed by atoms with E-state index in [1.165, 1.54) is 13.0 Å². The van der Waals surface area contributed by atoms with Gasteiger partial charge in [0.15, 0.2) is 5.78 Å². The van der Waals surface area contributed by atoms with Crippen molar-refractivity contribution in [2.45, 2.75) is 13.3 Å². The second kappa shape index (κ2) is 7.09. The van der Waals surface area contributed by atoms with Crippen LogP contribution < -0.4 is 5.32 Å². The summed E-state index contributed by atoms with van der Waals surface area (Å²) in [6.07, 6.45) is -0.0441. The largest absolute Gasteiger partial charge is 0.326 e. The van der Waals surface area contributed by atoms with Gasteiger partial charge in [-0.05, 0) is 43.3 Å². The van der Waals surface area contributed by atoms with Crippen LogP contribution in [0.2, 0.25) is 5.02 Å². The van der Waals surface area contributed by atoms with Crippen molar-refractivity contribution in [1.82, 2.24) is 4.90 Å². The first-order valence-electron chi connectivity index (χ1n) is 7.94. The molecule has 1 N–H and O–H groups in total. The van der Waals surface area contributed by atoms with Crippen LogP contribution in [0.4, 0.5) is 5.69 Å². The average Bonchev–Trinajstić information content (AvgIpc) is 2.85. The van der Waals surface area contributed by atoms with Gasteiger partial charge in [0.2, 0.25) is 5.91 Å². The first-order valence-corrected chi connectivity index (χ1v) is 8.32. The van der Waals surface area contributed by atoms with Crippen molar-refractivity contribution in [3.8, 4) is 0 Å². The lowest BCUT2D eigenvalue weighted by Gasteiger charge is -2.13. The molecule has 0 saturated carbocycles. The third-order valence-electron chi connectivity index (χ3n) is 4.09. The van der Waals surface area contributed by atoms with E-state index >= 15 is 0 Å². The highest BCUT2D eigenvalue weighted by Gasteiger charge is 2.37. The number of benzene rings is 2. The molecule has 0 radical (unpaired) electrons. The molecule has 0 aromatic heterocycles. The number of imide groups is 1. The normalized spacial score (nSPS) is 12.9. The smallest absolute Gasteiger partial charge is 0.263 e. The van der Waals surface area contributed by atoms with Crippen LogP contribution in [0, 0.1) is 0 Å². The molecule has 0 atom stereocenters. The lowest BCUT2D eigenvalue weighted by molar-refractivity contribution is -0.116. The minimum atomic E-state index is -0.491. The van der Waals surface area contributed by atoms with Gasteiger partial charge in [0, 0.05) is 24.2 Å². The Hall–Kier alpha value is -2.99. The predicted octanol–water partition coefficient (Wildman–Crippen LogP) is 3.17. The maximum atomic E-state index is 12.4. The van der Waals surface area contributed by atoms with E-state index in [-0.39, 0.29) is 40.8 Å². The number of amides is 3. The number of anilines is 1. The van der Waals surface area contributed by atoms with Crippen LogP contribution in [0.15, 0.2) is 42.5 Å². The van der Waals surface area contributed by atoms with Crippen LogP contribution >= 0.6 is 11.6 Å². The molecule has 3 rings (SSSR count). The molecule has 0 fully saturated rings. The van der Waals surface area contributed by atoms with E-state index in [0.717, 1.165) is 4.90 Å². The molecule has 7 heteroatoms. The molecule has 2 aromatic rings. The second-order valence-electron chi connectivity index (χ2n) is 5.86. The SMILES string of the molecule is CC(=O)c1ccc(NC(=O)CCN2C(=O)c3cccc(Cl)c3C2=O)cc1. The molecule has 0 aliphatic carbocycles. The Kier molecular flexibility index (Phi) is 4.86. The summed E-state index contributed by atoms with van der Waals surface area (Å²) in [6.45, 7) is 1.42. The number of fused-ring (bicyclic) bond motifs is 1. The Balaban J connectivity index is 1.62. The number of hydrogen-bond acceptors (Lipinski definition) is 4. The number of hydrogen-bond donors (Lipinski definition) is 1. The fourth-order valence-electron chi connectivity index (χ4n) is 2.72. The summed E-state index contributed by atoms with van der Waals surface area (Å²) in [5.74, 6) is -1.35. The van der Waals surface area contributed by atoms with Gasteiger partial charge in [-0.15, -0.1) is 0 Å². The number of nitrogens with zero attached hydrogens (tertiary/aromatic N) is 1. The summed E-state index contributed by atoms with van der Waals surface area (Å²) in [5, 5.41) is 2.89. The molecule has 26 heavy (non-hydrogen) atoms. The maximum absolute atomic E-state index is 12.4. The molecule has 0 bridgehead atoms. The summed E-state index contributed by atoms with van der Waals surface area (Å²) in [5.41, 5.74) is 1.51.